The molecular formula is C8H16O3. The monoisotopic (exact) mass is 160 g/mol. The van der Waals surface area contributed by atoms with Gasteiger partial charge >= 0.3 is 0 Å². The third kappa shape index (κ3) is 5.18. The summed E-state index contributed by atoms with van der Waals surface area (Å²) in [7, 11) is 1.66. The predicted molar refractivity (Wildman–Crippen MR) is 41.4 cm³/mol. The van der Waals surface area contributed by atoms with Crippen molar-refractivity contribution in [2.45, 2.75) is 12.8 Å². The van der Waals surface area contributed by atoms with E-state index in [1.165, 1.54) is 12.8 Å². The molecule has 0 saturated heterocycles. The van der Waals surface area contributed by atoms with Crippen molar-refractivity contribution >= 4 is 0 Å². The van der Waals surface area contributed by atoms with E-state index in [0.717, 1.165) is 12.5 Å². The molecule has 0 bridgehead atoms. The van der Waals surface area contributed by atoms with E-state index in [9.17, 15) is 0 Å². The van der Waals surface area contributed by atoms with Crippen LogP contribution < -0.4 is 0 Å². The summed E-state index contributed by atoms with van der Waals surface area (Å²) in [5.41, 5.74) is 0. The van der Waals surface area contributed by atoms with Crippen molar-refractivity contribution in [3.63, 3.8) is 0 Å². The third-order valence-corrected chi connectivity index (χ3v) is 1.65. The van der Waals surface area contributed by atoms with Crippen molar-refractivity contribution in [2.24, 2.45) is 5.92 Å². The quantitative estimate of drug-likeness (QED) is 0.411. The van der Waals surface area contributed by atoms with E-state index in [1.54, 1.807) is 7.11 Å². The fourth-order valence-corrected chi connectivity index (χ4v) is 0.759. The summed E-state index contributed by atoms with van der Waals surface area (Å²) in [5, 5.41) is 0. The predicted octanol–water partition coefficient (Wildman–Crippen LogP) is 1.03. The van der Waals surface area contributed by atoms with E-state index in [-0.39, 0.29) is 0 Å². The first-order valence-electron chi connectivity index (χ1n) is 4.08. The van der Waals surface area contributed by atoms with E-state index < -0.39 is 0 Å². The maximum atomic E-state index is 5.23. The molecule has 1 fully saturated rings. The summed E-state index contributed by atoms with van der Waals surface area (Å²) in [6.07, 6.45) is 2.66. The lowest BCUT2D eigenvalue weighted by Crippen LogP contribution is -2.07. The highest BCUT2D eigenvalue weighted by atomic mass is 16.7. The Kier molecular flexibility index (Phi) is 4.50. The van der Waals surface area contributed by atoms with Gasteiger partial charge in [0.2, 0.25) is 0 Å². The van der Waals surface area contributed by atoms with Gasteiger partial charge in [-0.05, 0) is 18.8 Å². The van der Waals surface area contributed by atoms with Crippen LogP contribution in [0.3, 0.4) is 0 Å². The number of hydrogen-bond acceptors (Lipinski definition) is 3. The molecule has 0 aromatic heterocycles. The molecule has 0 amide bonds. The average molecular weight is 160 g/mol. The van der Waals surface area contributed by atoms with Crippen LogP contribution >= 0.6 is 0 Å². The fourth-order valence-electron chi connectivity index (χ4n) is 0.759. The Balaban J connectivity index is 1.66. The van der Waals surface area contributed by atoms with Gasteiger partial charge in [0.15, 0.2) is 0 Å². The van der Waals surface area contributed by atoms with E-state index in [0.29, 0.717) is 20.0 Å². The molecule has 1 aliphatic rings. The lowest BCUT2D eigenvalue weighted by molar-refractivity contribution is -0.0685. The topological polar surface area (TPSA) is 27.7 Å². The van der Waals surface area contributed by atoms with Gasteiger partial charge in [0, 0.05) is 7.11 Å². The van der Waals surface area contributed by atoms with Crippen LogP contribution in [0.15, 0.2) is 0 Å². The van der Waals surface area contributed by atoms with Crippen LogP contribution in [0.4, 0.5) is 0 Å². The van der Waals surface area contributed by atoms with Crippen LogP contribution in [0.1, 0.15) is 12.8 Å². The van der Waals surface area contributed by atoms with Crippen LogP contribution in [0.2, 0.25) is 0 Å². The molecule has 1 saturated carbocycles. The number of rotatable bonds is 7. The largest absolute Gasteiger partial charge is 0.382 e. The molecule has 0 spiro atoms. The molecular weight excluding hydrogens is 144 g/mol. The van der Waals surface area contributed by atoms with E-state index in [2.05, 4.69) is 0 Å². The van der Waals surface area contributed by atoms with Crippen LogP contribution in [0, 0.1) is 5.92 Å². The van der Waals surface area contributed by atoms with Gasteiger partial charge < -0.3 is 14.2 Å². The molecule has 3 heteroatoms. The Morgan fingerprint density at radius 1 is 1.18 bits per heavy atom. The molecule has 1 aliphatic carbocycles. The summed E-state index contributed by atoms with van der Waals surface area (Å²) in [6, 6.07) is 0. The Morgan fingerprint density at radius 2 is 2.00 bits per heavy atom. The molecule has 0 aromatic carbocycles. The van der Waals surface area contributed by atoms with Crippen LogP contribution in [0.25, 0.3) is 0 Å². The van der Waals surface area contributed by atoms with E-state index >= 15 is 0 Å². The van der Waals surface area contributed by atoms with Crippen molar-refractivity contribution in [3.8, 4) is 0 Å². The minimum absolute atomic E-state index is 0.417. The zero-order valence-electron chi connectivity index (χ0n) is 7.04. The molecule has 0 atom stereocenters. The average Bonchev–Trinajstić information content (AvgIpc) is 2.80. The van der Waals surface area contributed by atoms with Crippen LogP contribution in [0.5, 0.6) is 0 Å². The number of methoxy groups -OCH3 is 1. The molecule has 0 unspecified atom stereocenters. The Bertz CT molecular complexity index is 91.3. The van der Waals surface area contributed by atoms with Gasteiger partial charge in [-0.15, -0.1) is 0 Å². The van der Waals surface area contributed by atoms with Gasteiger partial charge in [-0.25, -0.2) is 0 Å². The number of ether oxygens (including phenoxy) is 3. The van der Waals surface area contributed by atoms with Crippen LogP contribution in [-0.2, 0) is 14.2 Å². The maximum Gasteiger partial charge on any atom is 0.146 e. The molecule has 0 N–H and O–H groups in total. The van der Waals surface area contributed by atoms with E-state index in [4.69, 9.17) is 14.2 Å². The minimum Gasteiger partial charge on any atom is -0.382 e. The first kappa shape index (κ1) is 8.97. The number of hydrogen-bond donors (Lipinski definition) is 0. The van der Waals surface area contributed by atoms with Gasteiger partial charge in [0.05, 0.1) is 19.8 Å². The van der Waals surface area contributed by atoms with Gasteiger partial charge in [-0.3, -0.25) is 0 Å². The summed E-state index contributed by atoms with van der Waals surface area (Å²) in [6.45, 7) is 2.56. The second kappa shape index (κ2) is 5.52. The van der Waals surface area contributed by atoms with Crippen molar-refractivity contribution in [3.05, 3.63) is 0 Å². The fraction of sp³-hybridized carbons (Fsp3) is 1.00. The van der Waals surface area contributed by atoms with Gasteiger partial charge in [-0.1, -0.05) is 0 Å². The summed E-state index contributed by atoms with van der Waals surface area (Å²) < 4.78 is 15.1. The zero-order chi connectivity index (χ0) is 7.94. The standard InChI is InChI=1S/C8H16O3/c1-9-4-5-10-7-11-6-8-2-3-8/h8H,2-7H2,1H3. The second-order valence-corrected chi connectivity index (χ2v) is 2.83. The molecule has 66 valence electrons. The van der Waals surface area contributed by atoms with Crippen molar-refractivity contribution in [1.82, 2.24) is 0 Å². The SMILES string of the molecule is COCCOCOCC1CC1. The van der Waals surface area contributed by atoms with Crippen molar-refractivity contribution in [2.75, 3.05) is 33.7 Å². The first-order chi connectivity index (χ1) is 5.43. The van der Waals surface area contributed by atoms with Gasteiger partial charge in [0.25, 0.3) is 0 Å². The molecule has 1 rings (SSSR count). The molecule has 0 radical (unpaired) electrons. The summed E-state index contributed by atoms with van der Waals surface area (Å²) in [5.74, 6) is 0.820. The molecule has 0 aliphatic heterocycles. The molecule has 0 aromatic rings. The Hall–Kier alpha value is -0.120. The lowest BCUT2D eigenvalue weighted by Gasteiger charge is -2.03. The molecule has 11 heavy (non-hydrogen) atoms. The highest BCUT2D eigenvalue weighted by Gasteiger charge is 2.20. The normalized spacial score (nSPS) is 17.2. The zero-order valence-corrected chi connectivity index (χ0v) is 7.04. The van der Waals surface area contributed by atoms with Gasteiger partial charge in [-0.2, -0.15) is 0 Å². The Morgan fingerprint density at radius 3 is 2.64 bits per heavy atom. The highest BCUT2D eigenvalue weighted by molar-refractivity contribution is 4.71. The maximum absolute atomic E-state index is 5.23. The van der Waals surface area contributed by atoms with Crippen molar-refractivity contribution in [1.29, 1.82) is 0 Å². The first-order valence-corrected chi connectivity index (χ1v) is 4.08. The van der Waals surface area contributed by atoms with Gasteiger partial charge in [0.1, 0.15) is 6.79 Å². The smallest absolute Gasteiger partial charge is 0.146 e. The highest BCUT2D eigenvalue weighted by Crippen LogP contribution is 2.28. The van der Waals surface area contributed by atoms with E-state index in [1.807, 2.05) is 0 Å². The van der Waals surface area contributed by atoms with Crippen molar-refractivity contribution < 1.29 is 14.2 Å². The van der Waals surface area contributed by atoms with Crippen LogP contribution in [-0.4, -0.2) is 33.7 Å². The summed E-state index contributed by atoms with van der Waals surface area (Å²) >= 11 is 0. The Labute approximate surface area is 67.6 Å². The molecule has 3 nitrogen and oxygen atoms in total. The molecule has 0 heterocycles. The second-order valence-electron chi connectivity index (χ2n) is 2.83. The third-order valence-electron chi connectivity index (χ3n) is 1.65. The lowest BCUT2D eigenvalue weighted by atomic mass is 10.5. The minimum atomic E-state index is 0.417. The summed E-state index contributed by atoms with van der Waals surface area (Å²) in [4.78, 5) is 0.